The molecule has 5 heteroatoms. The fraction of sp³-hybridized carbons (Fsp3) is 0.556. The van der Waals surface area contributed by atoms with Crippen LogP contribution < -0.4 is 4.90 Å². The maximum absolute atomic E-state index is 12.5. The Kier molecular flexibility index (Phi) is 4.67. The number of ether oxygens (including phenoxy) is 1. The molecule has 0 spiro atoms. The van der Waals surface area contributed by atoms with E-state index in [4.69, 9.17) is 4.74 Å². The third kappa shape index (κ3) is 3.39. The van der Waals surface area contributed by atoms with E-state index in [2.05, 4.69) is 6.92 Å². The topological polar surface area (TPSA) is 46.6 Å². The van der Waals surface area contributed by atoms with Gasteiger partial charge in [0.1, 0.15) is 5.60 Å². The molecule has 2 fully saturated rings. The van der Waals surface area contributed by atoms with Crippen LogP contribution in [0.3, 0.4) is 0 Å². The summed E-state index contributed by atoms with van der Waals surface area (Å²) in [6.45, 7) is 4.49. The van der Waals surface area contributed by atoms with Crippen molar-refractivity contribution >= 4 is 29.3 Å². The molecule has 1 aromatic rings. The van der Waals surface area contributed by atoms with E-state index in [-0.39, 0.29) is 29.8 Å². The number of para-hydroxylation sites is 1. The lowest BCUT2D eigenvalue weighted by molar-refractivity contribution is -0.160. The van der Waals surface area contributed by atoms with Gasteiger partial charge in [-0.3, -0.25) is 9.59 Å². The van der Waals surface area contributed by atoms with Crippen molar-refractivity contribution in [2.24, 2.45) is 5.92 Å². The molecule has 0 bridgehead atoms. The standard InChI is InChI=1S/C18H23NO3S/c1-3-13-6-4-5-7-15(13)19-11-14(10-16(19)20)17(21)22-18(2)8-9-23-12-18/h4-7,14H,3,8-12H2,1-2H3/t14-,18-/m0/s1. The monoisotopic (exact) mass is 333 g/mol. The first-order valence-electron chi connectivity index (χ1n) is 8.21. The number of hydrogen-bond donors (Lipinski definition) is 0. The minimum atomic E-state index is -0.362. The zero-order valence-corrected chi connectivity index (χ0v) is 14.5. The lowest BCUT2D eigenvalue weighted by atomic mass is 10.1. The number of amides is 1. The first-order valence-corrected chi connectivity index (χ1v) is 9.37. The highest BCUT2D eigenvalue weighted by Crippen LogP contribution is 2.34. The van der Waals surface area contributed by atoms with Crippen LogP contribution >= 0.6 is 11.8 Å². The van der Waals surface area contributed by atoms with Gasteiger partial charge in [0, 0.05) is 24.4 Å². The molecule has 2 saturated heterocycles. The predicted molar refractivity (Wildman–Crippen MR) is 92.7 cm³/mol. The van der Waals surface area contributed by atoms with Gasteiger partial charge in [0.05, 0.1) is 5.92 Å². The van der Waals surface area contributed by atoms with E-state index in [1.807, 2.05) is 43.0 Å². The average molecular weight is 333 g/mol. The van der Waals surface area contributed by atoms with E-state index >= 15 is 0 Å². The number of nitrogens with zero attached hydrogens (tertiary/aromatic N) is 1. The molecule has 3 rings (SSSR count). The highest BCUT2D eigenvalue weighted by Gasteiger charge is 2.40. The quantitative estimate of drug-likeness (QED) is 0.795. The van der Waals surface area contributed by atoms with Crippen LogP contribution in [-0.2, 0) is 20.7 Å². The van der Waals surface area contributed by atoms with Crippen molar-refractivity contribution in [2.75, 3.05) is 23.0 Å². The SMILES string of the molecule is CCc1ccccc1N1C[C@@H](C(=O)O[C@@]2(C)CCSC2)CC1=O. The smallest absolute Gasteiger partial charge is 0.311 e. The van der Waals surface area contributed by atoms with Crippen molar-refractivity contribution in [2.45, 2.75) is 38.7 Å². The van der Waals surface area contributed by atoms with Crippen molar-refractivity contribution in [3.8, 4) is 0 Å². The molecule has 0 aromatic heterocycles. The fourth-order valence-electron chi connectivity index (χ4n) is 3.23. The normalized spacial score (nSPS) is 27.5. The van der Waals surface area contributed by atoms with Crippen molar-refractivity contribution in [3.05, 3.63) is 29.8 Å². The van der Waals surface area contributed by atoms with Crippen molar-refractivity contribution < 1.29 is 14.3 Å². The van der Waals surface area contributed by atoms with Crippen LogP contribution in [0.2, 0.25) is 0 Å². The Labute approximate surface area is 141 Å². The Bertz CT molecular complexity index is 610. The largest absolute Gasteiger partial charge is 0.458 e. The molecule has 1 aromatic carbocycles. The molecular formula is C18H23NO3S. The van der Waals surface area contributed by atoms with Gasteiger partial charge in [-0.25, -0.2) is 0 Å². The second kappa shape index (κ2) is 6.56. The minimum absolute atomic E-state index is 0.0128. The van der Waals surface area contributed by atoms with Crippen LogP contribution in [0.15, 0.2) is 24.3 Å². The van der Waals surface area contributed by atoms with E-state index in [0.29, 0.717) is 6.54 Å². The lowest BCUT2D eigenvalue weighted by Gasteiger charge is -2.25. The molecule has 2 heterocycles. The van der Waals surface area contributed by atoms with Crippen LogP contribution in [0, 0.1) is 5.92 Å². The second-order valence-electron chi connectivity index (χ2n) is 6.56. The summed E-state index contributed by atoms with van der Waals surface area (Å²) in [5.41, 5.74) is 1.70. The van der Waals surface area contributed by atoms with Crippen LogP contribution in [0.5, 0.6) is 0 Å². The first-order chi connectivity index (χ1) is 11.0. The molecule has 1 amide bonds. The number of hydrogen-bond acceptors (Lipinski definition) is 4. The summed E-state index contributed by atoms with van der Waals surface area (Å²) in [6, 6.07) is 7.90. The molecule has 0 unspecified atom stereocenters. The highest BCUT2D eigenvalue weighted by molar-refractivity contribution is 7.99. The third-order valence-electron chi connectivity index (χ3n) is 4.65. The molecule has 2 aliphatic rings. The molecular weight excluding hydrogens is 310 g/mol. The maximum Gasteiger partial charge on any atom is 0.311 e. The highest BCUT2D eigenvalue weighted by atomic mass is 32.2. The van der Waals surface area contributed by atoms with E-state index < -0.39 is 0 Å². The van der Waals surface area contributed by atoms with Crippen molar-refractivity contribution in [3.63, 3.8) is 0 Å². The third-order valence-corrected chi connectivity index (χ3v) is 5.96. The van der Waals surface area contributed by atoms with Gasteiger partial charge in [0.25, 0.3) is 0 Å². The zero-order valence-electron chi connectivity index (χ0n) is 13.7. The average Bonchev–Trinajstić information content (AvgIpc) is 3.13. The molecule has 4 nitrogen and oxygen atoms in total. The summed E-state index contributed by atoms with van der Waals surface area (Å²) in [4.78, 5) is 26.6. The molecule has 0 radical (unpaired) electrons. The fourth-order valence-corrected chi connectivity index (χ4v) is 4.58. The van der Waals surface area contributed by atoms with Gasteiger partial charge in [0.2, 0.25) is 5.91 Å². The van der Waals surface area contributed by atoms with E-state index in [0.717, 1.165) is 35.6 Å². The van der Waals surface area contributed by atoms with Crippen molar-refractivity contribution in [1.82, 2.24) is 0 Å². The Morgan fingerprint density at radius 2 is 2.22 bits per heavy atom. The van der Waals surface area contributed by atoms with Gasteiger partial charge < -0.3 is 9.64 Å². The van der Waals surface area contributed by atoms with Crippen LogP contribution in [0.1, 0.15) is 32.3 Å². The minimum Gasteiger partial charge on any atom is -0.458 e. The first kappa shape index (κ1) is 16.4. The number of benzene rings is 1. The second-order valence-corrected chi connectivity index (χ2v) is 7.67. The summed E-state index contributed by atoms with van der Waals surface area (Å²) >= 11 is 1.81. The molecule has 2 atom stereocenters. The summed E-state index contributed by atoms with van der Waals surface area (Å²) in [5.74, 6) is 1.32. The van der Waals surface area contributed by atoms with Crippen LogP contribution in [0.25, 0.3) is 0 Å². The van der Waals surface area contributed by atoms with E-state index in [1.165, 1.54) is 0 Å². The Balaban J connectivity index is 1.71. The maximum atomic E-state index is 12.5. The number of rotatable bonds is 4. The number of thioether (sulfide) groups is 1. The predicted octanol–water partition coefficient (Wildman–Crippen LogP) is 3.04. The van der Waals surface area contributed by atoms with Crippen LogP contribution in [0.4, 0.5) is 5.69 Å². The van der Waals surface area contributed by atoms with Crippen molar-refractivity contribution in [1.29, 1.82) is 0 Å². The molecule has 2 aliphatic heterocycles. The number of aryl methyl sites for hydroxylation is 1. The number of anilines is 1. The molecule has 0 saturated carbocycles. The zero-order chi connectivity index (χ0) is 16.4. The van der Waals surface area contributed by atoms with Gasteiger partial charge >= 0.3 is 5.97 Å². The van der Waals surface area contributed by atoms with E-state index in [1.54, 1.807) is 4.90 Å². The van der Waals surface area contributed by atoms with Gasteiger partial charge in [-0.2, -0.15) is 11.8 Å². The molecule has 0 N–H and O–H groups in total. The van der Waals surface area contributed by atoms with Gasteiger partial charge in [-0.05, 0) is 37.1 Å². The summed E-state index contributed by atoms with van der Waals surface area (Å²) < 4.78 is 5.73. The number of carbonyl (C=O) groups excluding carboxylic acids is 2. The molecule has 0 aliphatic carbocycles. The molecule has 23 heavy (non-hydrogen) atoms. The Hall–Kier alpha value is -1.49. The van der Waals surface area contributed by atoms with E-state index in [9.17, 15) is 9.59 Å². The summed E-state index contributed by atoms with van der Waals surface area (Å²) in [5, 5.41) is 0. The summed E-state index contributed by atoms with van der Waals surface area (Å²) in [6.07, 6.45) is 2.01. The van der Waals surface area contributed by atoms with Gasteiger partial charge in [0.15, 0.2) is 0 Å². The molecule has 124 valence electrons. The van der Waals surface area contributed by atoms with Gasteiger partial charge in [-0.1, -0.05) is 25.1 Å². The van der Waals surface area contributed by atoms with Crippen LogP contribution in [-0.4, -0.2) is 35.5 Å². The summed E-state index contributed by atoms with van der Waals surface area (Å²) in [7, 11) is 0. The Morgan fingerprint density at radius 3 is 2.91 bits per heavy atom. The number of esters is 1. The Morgan fingerprint density at radius 1 is 1.43 bits per heavy atom. The van der Waals surface area contributed by atoms with Gasteiger partial charge in [-0.15, -0.1) is 0 Å². The number of carbonyl (C=O) groups is 2. The lowest BCUT2D eigenvalue weighted by Crippen LogP contribution is -2.35.